The third kappa shape index (κ3) is 3.27. The van der Waals surface area contributed by atoms with Crippen molar-refractivity contribution in [2.24, 2.45) is 0 Å². The Morgan fingerprint density at radius 3 is 3.00 bits per heavy atom. The molecule has 6 heteroatoms. The monoisotopic (exact) mass is 349 g/mol. The van der Waals surface area contributed by atoms with Gasteiger partial charge in [0.2, 0.25) is 0 Å². The Balaban J connectivity index is 1.37. The van der Waals surface area contributed by atoms with E-state index in [4.69, 9.17) is 0 Å². The summed E-state index contributed by atoms with van der Waals surface area (Å²) < 4.78 is 1.89. The van der Waals surface area contributed by atoms with Crippen LogP contribution < -0.4 is 10.6 Å². The van der Waals surface area contributed by atoms with E-state index in [2.05, 4.69) is 45.1 Å². The third-order valence-corrected chi connectivity index (χ3v) is 5.08. The van der Waals surface area contributed by atoms with E-state index >= 15 is 0 Å². The normalized spacial score (nSPS) is 17.5. The fourth-order valence-electron chi connectivity index (χ4n) is 3.75. The van der Waals surface area contributed by atoms with Crippen LogP contribution in [-0.2, 0) is 6.42 Å². The van der Waals surface area contributed by atoms with E-state index in [1.807, 2.05) is 35.7 Å². The Bertz CT molecular complexity index is 919. The van der Waals surface area contributed by atoms with Crippen LogP contribution in [0.4, 0.5) is 4.79 Å². The maximum Gasteiger partial charge on any atom is 0.315 e. The van der Waals surface area contributed by atoms with Crippen LogP contribution in [0.5, 0.6) is 0 Å². The van der Waals surface area contributed by atoms with Gasteiger partial charge < -0.3 is 10.6 Å². The summed E-state index contributed by atoms with van der Waals surface area (Å²) in [6.45, 7) is 2.56. The molecule has 0 spiro atoms. The van der Waals surface area contributed by atoms with E-state index in [9.17, 15) is 4.79 Å². The quantitative estimate of drug-likeness (QED) is 0.760. The van der Waals surface area contributed by atoms with Crippen molar-refractivity contribution in [1.82, 2.24) is 25.2 Å². The highest BCUT2D eigenvalue weighted by Gasteiger charge is 2.21. The molecule has 0 fully saturated rings. The Morgan fingerprint density at radius 2 is 2.08 bits per heavy atom. The fraction of sp³-hybridized carbons (Fsp3) is 0.350. The summed E-state index contributed by atoms with van der Waals surface area (Å²) in [6.07, 6.45) is 5.32. The molecular formula is C20H23N5O. The predicted molar refractivity (Wildman–Crippen MR) is 100 cm³/mol. The van der Waals surface area contributed by atoms with Gasteiger partial charge in [-0.2, -0.15) is 0 Å². The number of aromatic nitrogens is 3. The molecule has 2 N–H and O–H groups in total. The second kappa shape index (κ2) is 7.15. The smallest absolute Gasteiger partial charge is 0.315 e. The first-order valence-corrected chi connectivity index (χ1v) is 9.14. The number of carbonyl (C=O) groups excluding carboxylic acids is 1. The van der Waals surface area contributed by atoms with Gasteiger partial charge in [0.25, 0.3) is 0 Å². The Labute approximate surface area is 152 Å². The maximum absolute atomic E-state index is 12.4. The first kappa shape index (κ1) is 16.6. The number of carbonyl (C=O) groups is 1. The highest BCUT2D eigenvalue weighted by atomic mass is 16.2. The van der Waals surface area contributed by atoms with Gasteiger partial charge in [-0.1, -0.05) is 30.3 Å². The van der Waals surface area contributed by atoms with Gasteiger partial charge in [-0.05, 0) is 49.4 Å². The highest BCUT2D eigenvalue weighted by molar-refractivity contribution is 5.74. The molecule has 26 heavy (non-hydrogen) atoms. The van der Waals surface area contributed by atoms with E-state index in [1.54, 1.807) is 0 Å². The summed E-state index contributed by atoms with van der Waals surface area (Å²) >= 11 is 0. The standard InChI is InChI=1S/C20H23N5O/c1-14(19-24-23-18-11-4-5-12-25(18)19)22-20(26)21-13-16-9-6-8-15-7-2-3-10-17(15)16/h2-5,7,10-12,14,16H,6,8-9,13H2,1H3,(H2,21,22,26)/t14-,16-/m0/s1. The van der Waals surface area contributed by atoms with Gasteiger partial charge >= 0.3 is 6.03 Å². The van der Waals surface area contributed by atoms with Crippen molar-refractivity contribution in [3.63, 3.8) is 0 Å². The third-order valence-electron chi connectivity index (χ3n) is 5.08. The Kier molecular flexibility index (Phi) is 4.56. The molecule has 6 nitrogen and oxygen atoms in total. The number of benzene rings is 1. The van der Waals surface area contributed by atoms with Crippen molar-refractivity contribution in [2.75, 3.05) is 6.54 Å². The lowest BCUT2D eigenvalue weighted by Crippen LogP contribution is -2.40. The number of amides is 2. The molecule has 134 valence electrons. The average Bonchev–Trinajstić information content (AvgIpc) is 3.10. The molecule has 0 saturated heterocycles. The fourth-order valence-corrected chi connectivity index (χ4v) is 3.75. The lowest BCUT2D eigenvalue weighted by atomic mass is 9.83. The molecule has 4 rings (SSSR count). The zero-order valence-electron chi connectivity index (χ0n) is 14.9. The number of nitrogens with one attached hydrogen (secondary N) is 2. The molecule has 2 heterocycles. The van der Waals surface area contributed by atoms with Crippen molar-refractivity contribution in [1.29, 1.82) is 0 Å². The van der Waals surface area contributed by atoms with E-state index in [1.165, 1.54) is 17.5 Å². The first-order chi connectivity index (χ1) is 12.7. The minimum atomic E-state index is -0.231. The Morgan fingerprint density at radius 1 is 1.23 bits per heavy atom. The Hall–Kier alpha value is -2.89. The molecule has 1 aromatic carbocycles. The topological polar surface area (TPSA) is 71.3 Å². The first-order valence-electron chi connectivity index (χ1n) is 9.14. The molecule has 0 bridgehead atoms. The molecule has 0 radical (unpaired) electrons. The minimum Gasteiger partial charge on any atom is -0.338 e. The summed E-state index contributed by atoms with van der Waals surface area (Å²) in [6, 6.07) is 13.9. The lowest BCUT2D eigenvalue weighted by Gasteiger charge is -2.26. The van der Waals surface area contributed by atoms with E-state index in [0.717, 1.165) is 24.3 Å². The summed E-state index contributed by atoms with van der Waals surface area (Å²) in [7, 11) is 0. The summed E-state index contributed by atoms with van der Waals surface area (Å²) in [5, 5.41) is 14.3. The van der Waals surface area contributed by atoms with Crippen LogP contribution in [0.3, 0.4) is 0 Å². The van der Waals surface area contributed by atoms with Crippen molar-refractivity contribution in [3.05, 3.63) is 65.6 Å². The van der Waals surface area contributed by atoms with Crippen LogP contribution in [0.25, 0.3) is 5.65 Å². The summed E-state index contributed by atoms with van der Waals surface area (Å²) in [5.41, 5.74) is 3.56. The molecule has 2 aromatic heterocycles. The molecular weight excluding hydrogens is 326 g/mol. The molecule has 2 amide bonds. The number of rotatable bonds is 4. The molecule has 0 unspecified atom stereocenters. The van der Waals surface area contributed by atoms with Gasteiger partial charge in [0.15, 0.2) is 11.5 Å². The number of hydrogen-bond acceptors (Lipinski definition) is 3. The van der Waals surface area contributed by atoms with Crippen LogP contribution in [0.2, 0.25) is 0 Å². The summed E-state index contributed by atoms with van der Waals surface area (Å²) in [5.74, 6) is 1.11. The second-order valence-electron chi connectivity index (χ2n) is 6.85. The highest BCUT2D eigenvalue weighted by Crippen LogP contribution is 2.30. The van der Waals surface area contributed by atoms with E-state index < -0.39 is 0 Å². The molecule has 0 aliphatic heterocycles. The van der Waals surface area contributed by atoms with Crippen molar-refractivity contribution in [3.8, 4) is 0 Å². The molecule has 1 aliphatic carbocycles. The lowest BCUT2D eigenvalue weighted by molar-refractivity contribution is 0.236. The van der Waals surface area contributed by atoms with E-state index in [0.29, 0.717) is 12.5 Å². The number of hydrogen-bond donors (Lipinski definition) is 2. The van der Waals surface area contributed by atoms with Gasteiger partial charge in [0.05, 0.1) is 6.04 Å². The number of fused-ring (bicyclic) bond motifs is 2. The average molecular weight is 349 g/mol. The van der Waals surface area contributed by atoms with Crippen molar-refractivity contribution in [2.45, 2.75) is 38.1 Å². The van der Waals surface area contributed by atoms with Gasteiger partial charge in [0, 0.05) is 18.7 Å². The van der Waals surface area contributed by atoms with Crippen LogP contribution in [0, 0.1) is 0 Å². The summed E-state index contributed by atoms with van der Waals surface area (Å²) in [4.78, 5) is 12.4. The van der Waals surface area contributed by atoms with Gasteiger partial charge in [0.1, 0.15) is 0 Å². The molecule has 0 saturated carbocycles. The number of aryl methyl sites for hydroxylation is 1. The van der Waals surface area contributed by atoms with Gasteiger partial charge in [-0.3, -0.25) is 4.40 Å². The van der Waals surface area contributed by atoms with Crippen molar-refractivity contribution < 1.29 is 4.79 Å². The second-order valence-corrected chi connectivity index (χ2v) is 6.85. The molecule has 3 aromatic rings. The van der Waals surface area contributed by atoms with Crippen LogP contribution in [0.15, 0.2) is 48.7 Å². The van der Waals surface area contributed by atoms with Crippen molar-refractivity contribution >= 4 is 11.7 Å². The zero-order valence-corrected chi connectivity index (χ0v) is 14.9. The zero-order chi connectivity index (χ0) is 17.9. The minimum absolute atomic E-state index is 0.173. The SMILES string of the molecule is C[C@H](NC(=O)NC[C@@H]1CCCc2ccccc21)c1nnc2ccccn12. The number of nitrogens with zero attached hydrogens (tertiary/aromatic N) is 3. The number of urea groups is 1. The van der Waals surface area contributed by atoms with Crippen LogP contribution in [0.1, 0.15) is 48.7 Å². The number of pyridine rings is 1. The predicted octanol–water partition coefficient (Wildman–Crippen LogP) is 3.21. The van der Waals surface area contributed by atoms with Crippen LogP contribution >= 0.6 is 0 Å². The van der Waals surface area contributed by atoms with Crippen LogP contribution in [-0.4, -0.2) is 27.2 Å². The maximum atomic E-state index is 12.4. The van der Waals surface area contributed by atoms with E-state index in [-0.39, 0.29) is 12.1 Å². The van der Waals surface area contributed by atoms with Gasteiger partial charge in [-0.25, -0.2) is 4.79 Å². The molecule has 2 atom stereocenters. The largest absolute Gasteiger partial charge is 0.338 e. The van der Waals surface area contributed by atoms with Gasteiger partial charge in [-0.15, -0.1) is 10.2 Å². The molecule has 1 aliphatic rings.